The lowest BCUT2D eigenvalue weighted by Gasteiger charge is -2.06. The summed E-state index contributed by atoms with van der Waals surface area (Å²) in [5.41, 5.74) is 6.87. The Bertz CT molecular complexity index is 289. The summed E-state index contributed by atoms with van der Waals surface area (Å²) in [6.45, 7) is 8.67. The van der Waals surface area contributed by atoms with Gasteiger partial charge in [-0.3, -0.25) is 0 Å². The number of anilines is 1. The fourth-order valence-corrected chi connectivity index (χ4v) is 1.52. The van der Waals surface area contributed by atoms with Crippen molar-refractivity contribution in [2.75, 3.05) is 5.73 Å². The van der Waals surface area contributed by atoms with Crippen molar-refractivity contribution in [2.45, 2.75) is 40.5 Å². The van der Waals surface area contributed by atoms with Crippen molar-refractivity contribution in [1.82, 2.24) is 5.16 Å². The monoisotopic (exact) mass is 196 g/mol. The molecular weight excluding hydrogens is 176 g/mol. The average Bonchev–Trinajstić information content (AvgIpc) is 2.34. The van der Waals surface area contributed by atoms with E-state index in [9.17, 15) is 0 Å². The largest absolute Gasteiger partial charge is 0.381 e. The van der Waals surface area contributed by atoms with Gasteiger partial charge in [0.25, 0.3) is 0 Å². The van der Waals surface area contributed by atoms with Crippen LogP contribution < -0.4 is 5.73 Å². The van der Waals surface area contributed by atoms with Crippen LogP contribution in [0.25, 0.3) is 0 Å². The number of rotatable bonds is 4. The summed E-state index contributed by atoms with van der Waals surface area (Å²) >= 11 is 0. The highest BCUT2D eigenvalue weighted by Gasteiger charge is 2.15. The topological polar surface area (TPSA) is 52.0 Å². The van der Waals surface area contributed by atoms with Gasteiger partial charge in [-0.1, -0.05) is 32.9 Å². The zero-order chi connectivity index (χ0) is 10.7. The minimum absolute atomic E-state index is 0.564. The molecule has 80 valence electrons. The minimum Gasteiger partial charge on any atom is -0.381 e. The van der Waals surface area contributed by atoms with E-state index in [0.717, 1.165) is 24.2 Å². The van der Waals surface area contributed by atoms with E-state index in [0.29, 0.717) is 17.7 Å². The third kappa shape index (κ3) is 2.76. The molecule has 0 amide bonds. The van der Waals surface area contributed by atoms with Crippen LogP contribution in [0.1, 0.15) is 39.0 Å². The number of nitrogen functional groups attached to an aromatic ring is 1. The highest BCUT2D eigenvalue weighted by molar-refractivity contribution is 5.40. The summed E-state index contributed by atoms with van der Waals surface area (Å²) < 4.78 is 5.23. The molecule has 0 saturated heterocycles. The van der Waals surface area contributed by atoms with Crippen LogP contribution in [0, 0.1) is 11.8 Å². The molecule has 1 heterocycles. The Balaban J connectivity index is 2.82. The second-order valence-electron chi connectivity index (χ2n) is 4.67. The Kier molecular flexibility index (Phi) is 3.55. The first-order valence-corrected chi connectivity index (χ1v) is 5.23. The molecule has 0 saturated carbocycles. The Hall–Kier alpha value is -0.990. The first-order valence-electron chi connectivity index (χ1n) is 5.23. The van der Waals surface area contributed by atoms with E-state index in [2.05, 4.69) is 32.9 Å². The summed E-state index contributed by atoms with van der Waals surface area (Å²) in [7, 11) is 0. The predicted octanol–water partition coefficient (Wildman–Crippen LogP) is 2.65. The molecule has 0 bridgehead atoms. The summed E-state index contributed by atoms with van der Waals surface area (Å²) in [6, 6.07) is 0. The van der Waals surface area contributed by atoms with E-state index < -0.39 is 0 Å². The van der Waals surface area contributed by atoms with E-state index in [1.54, 1.807) is 0 Å². The van der Waals surface area contributed by atoms with Crippen molar-refractivity contribution < 1.29 is 4.52 Å². The van der Waals surface area contributed by atoms with Gasteiger partial charge in [-0.05, 0) is 18.3 Å². The van der Waals surface area contributed by atoms with Crippen molar-refractivity contribution >= 4 is 5.82 Å². The molecule has 1 aromatic heterocycles. The second kappa shape index (κ2) is 4.49. The van der Waals surface area contributed by atoms with E-state index >= 15 is 0 Å². The normalized spacial score (nSPS) is 11.6. The van der Waals surface area contributed by atoms with Crippen LogP contribution in [-0.2, 0) is 12.8 Å². The number of nitrogens with two attached hydrogens (primary N) is 1. The summed E-state index contributed by atoms with van der Waals surface area (Å²) in [6.07, 6.45) is 1.88. The molecule has 1 rings (SSSR count). The molecule has 0 aliphatic carbocycles. The van der Waals surface area contributed by atoms with Crippen LogP contribution in [0.5, 0.6) is 0 Å². The van der Waals surface area contributed by atoms with Crippen LogP contribution in [0.4, 0.5) is 5.82 Å². The lowest BCUT2D eigenvalue weighted by atomic mass is 9.99. The lowest BCUT2D eigenvalue weighted by molar-refractivity contribution is 0.368. The summed E-state index contributed by atoms with van der Waals surface area (Å²) in [5, 5.41) is 3.83. The molecule has 2 N–H and O–H groups in total. The van der Waals surface area contributed by atoms with Crippen molar-refractivity contribution in [3.63, 3.8) is 0 Å². The first-order chi connectivity index (χ1) is 6.50. The average molecular weight is 196 g/mol. The maximum atomic E-state index is 5.76. The zero-order valence-electron chi connectivity index (χ0n) is 9.50. The Morgan fingerprint density at radius 2 is 1.71 bits per heavy atom. The van der Waals surface area contributed by atoms with Crippen LogP contribution in [0.3, 0.4) is 0 Å². The molecule has 0 aliphatic heterocycles. The third-order valence-electron chi connectivity index (χ3n) is 2.11. The molecule has 0 unspecified atom stereocenters. The maximum Gasteiger partial charge on any atom is 0.170 e. The van der Waals surface area contributed by atoms with Gasteiger partial charge >= 0.3 is 0 Å². The van der Waals surface area contributed by atoms with Crippen LogP contribution >= 0.6 is 0 Å². The van der Waals surface area contributed by atoms with Gasteiger partial charge in [0.05, 0.1) is 0 Å². The molecule has 14 heavy (non-hydrogen) atoms. The number of nitrogens with zero attached hydrogens (tertiary/aromatic N) is 1. The lowest BCUT2D eigenvalue weighted by Crippen LogP contribution is -2.02. The highest BCUT2D eigenvalue weighted by atomic mass is 16.5. The smallest absolute Gasteiger partial charge is 0.170 e. The van der Waals surface area contributed by atoms with Gasteiger partial charge < -0.3 is 10.3 Å². The van der Waals surface area contributed by atoms with Crippen LogP contribution in [0.2, 0.25) is 0 Å². The van der Waals surface area contributed by atoms with Gasteiger partial charge in [0, 0.05) is 12.0 Å². The van der Waals surface area contributed by atoms with Gasteiger partial charge in [0.1, 0.15) is 5.76 Å². The molecule has 3 nitrogen and oxygen atoms in total. The first kappa shape index (κ1) is 11.1. The zero-order valence-corrected chi connectivity index (χ0v) is 9.50. The molecule has 0 fully saturated rings. The Labute approximate surface area is 85.7 Å². The van der Waals surface area contributed by atoms with Gasteiger partial charge in [-0.2, -0.15) is 0 Å². The molecule has 1 aromatic rings. The van der Waals surface area contributed by atoms with Crippen molar-refractivity contribution in [3.8, 4) is 0 Å². The predicted molar refractivity (Wildman–Crippen MR) is 58.0 cm³/mol. The molecule has 0 spiro atoms. The molecular formula is C11H20N2O. The second-order valence-corrected chi connectivity index (χ2v) is 4.67. The van der Waals surface area contributed by atoms with Crippen LogP contribution in [-0.4, -0.2) is 5.16 Å². The number of hydrogen-bond donors (Lipinski definition) is 1. The quantitative estimate of drug-likeness (QED) is 0.805. The standard InChI is InChI=1S/C11H20N2O/c1-7(2)5-9-10(6-8(3)4)14-13-11(9)12/h7-8H,5-6H2,1-4H3,(H2,12,13). The fraction of sp³-hybridized carbons (Fsp3) is 0.727. The van der Waals surface area contributed by atoms with Gasteiger partial charge in [-0.15, -0.1) is 0 Å². The van der Waals surface area contributed by atoms with Crippen molar-refractivity contribution in [1.29, 1.82) is 0 Å². The fourth-order valence-electron chi connectivity index (χ4n) is 1.52. The Morgan fingerprint density at radius 3 is 2.21 bits per heavy atom. The SMILES string of the molecule is CC(C)Cc1onc(N)c1CC(C)C. The summed E-state index contributed by atoms with van der Waals surface area (Å²) in [5.74, 6) is 2.69. The maximum absolute atomic E-state index is 5.76. The van der Waals surface area contributed by atoms with Gasteiger partial charge in [0.2, 0.25) is 0 Å². The molecule has 0 aromatic carbocycles. The van der Waals surface area contributed by atoms with Gasteiger partial charge in [0.15, 0.2) is 5.82 Å². The number of hydrogen-bond acceptors (Lipinski definition) is 3. The van der Waals surface area contributed by atoms with Crippen molar-refractivity contribution in [3.05, 3.63) is 11.3 Å². The third-order valence-corrected chi connectivity index (χ3v) is 2.11. The van der Waals surface area contributed by atoms with Crippen molar-refractivity contribution in [2.24, 2.45) is 11.8 Å². The molecule has 0 aliphatic rings. The number of aromatic nitrogens is 1. The Morgan fingerprint density at radius 1 is 1.14 bits per heavy atom. The van der Waals surface area contributed by atoms with Crippen LogP contribution in [0.15, 0.2) is 4.52 Å². The van der Waals surface area contributed by atoms with E-state index in [1.807, 2.05) is 0 Å². The van der Waals surface area contributed by atoms with E-state index in [1.165, 1.54) is 0 Å². The molecule has 0 atom stereocenters. The van der Waals surface area contributed by atoms with E-state index in [4.69, 9.17) is 10.3 Å². The molecule has 3 heteroatoms. The van der Waals surface area contributed by atoms with E-state index in [-0.39, 0.29) is 0 Å². The molecule has 0 radical (unpaired) electrons. The highest BCUT2D eigenvalue weighted by Crippen LogP contribution is 2.22. The summed E-state index contributed by atoms with van der Waals surface area (Å²) in [4.78, 5) is 0. The van der Waals surface area contributed by atoms with Gasteiger partial charge in [-0.25, -0.2) is 0 Å². The minimum atomic E-state index is 0.564.